The largest absolute Gasteiger partial charge is 0.398 e. The zero-order valence-electron chi connectivity index (χ0n) is 13.8. The molecule has 0 bridgehead atoms. The van der Waals surface area contributed by atoms with Crippen LogP contribution in [0, 0.1) is 0 Å². The summed E-state index contributed by atoms with van der Waals surface area (Å²) in [6.07, 6.45) is 0. The number of benzene rings is 3. The molecule has 126 valence electrons. The number of aromatic nitrogens is 3. The number of rotatable bonds is 3. The van der Waals surface area contributed by atoms with Crippen LogP contribution in [0.2, 0.25) is 0 Å². The second-order valence-corrected chi connectivity index (χ2v) is 6.69. The first-order chi connectivity index (χ1) is 12.7. The molecule has 0 aliphatic rings. The third kappa shape index (κ3) is 3.34. The molecule has 4 aromatic rings. The molecule has 0 aliphatic heterocycles. The molecule has 0 radical (unpaired) electrons. The van der Waals surface area contributed by atoms with Crippen LogP contribution in [0.15, 0.2) is 83.3 Å². The van der Waals surface area contributed by atoms with E-state index in [1.807, 2.05) is 78.9 Å². The van der Waals surface area contributed by atoms with E-state index < -0.39 is 0 Å². The van der Waals surface area contributed by atoms with Crippen LogP contribution in [-0.4, -0.2) is 15.0 Å². The van der Waals surface area contributed by atoms with Crippen LogP contribution in [0.4, 0.5) is 5.69 Å². The van der Waals surface area contributed by atoms with E-state index in [1.54, 1.807) is 0 Å². The van der Waals surface area contributed by atoms with Gasteiger partial charge < -0.3 is 5.73 Å². The molecule has 4 nitrogen and oxygen atoms in total. The van der Waals surface area contributed by atoms with Crippen LogP contribution < -0.4 is 5.73 Å². The molecule has 1 heterocycles. The zero-order valence-corrected chi connectivity index (χ0v) is 15.4. The Balaban J connectivity index is 1.95. The van der Waals surface area contributed by atoms with E-state index in [9.17, 15) is 0 Å². The van der Waals surface area contributed by atoms with Gasteiger partial charge in [0, 0.05) is 26.9 Å². The molecule has 0 saturated carbocycles. The van der Waals surface area contributed by atoms with Crippen molar-refractivity contribution in [1.29, 1.82) is 0 Å². The van der Waals surface area contributed by atoms with Gasteiger partial charge in [-0.25, -0.2) is 15.0 Å². The summed E-state index contributed by atoms with van der Waals surface area (Å²) in [7, 11) is 0. The molecule has 0 spiro atoms. The highest BCUT2D eigenvalue weighted by Crippen LogP contribution is 2.29. The Labute approximate surface area is 159 Å². The van der Waals surface area contributed by atoms with Crippen LogP contribution >= 0.6 is 15.9 Å². The van der Waals surface area contributed by atoms with Crippen molar-refractivity contribution < 1.29 is 0 Å². The quantitative estimate of drug-likeness (QED) is 0.477. The van der Waals surface area contributed by atoms with Crippen LogP contribution in [0.25, 0.3) is 34.2 Å². The predicted octanol–water partition coefficient (Wildman–Crippen LogP) is 5.22. The normalized spacial score (nSPS) is 10.7. The number of nitrogens with zero attached hydrogens (tertiary/aromatic N) is 3. The maximum atomic E-state index is 6.18. The van der Waals surface area contributed by atoms with E-state index in [1.165, 1.54) is 0 Å². The lowest BCUT2D eigenvalue weighted by molar-refractivity contribution is 1.07. The lowest BCUT2D eigenvalue weighted by Crippen LogP contribution is -2.01. The summed E-state index contributed by atoms with van der Waals surface area (Å²) in [4.78, 5) is 14.0. The maximum Gasteiger partial charge on any atom is 0.166 e. The monoisotopic (exact) mass is 402 g/mol. The molecule has 26 heavy (non-hydrogen) atoms. The Morgan fingerprint density at radius 1 is 0.615 bits per heavy atom. The summed E-state index contributed by atoms with van der Waals surface area (Å²) in [5.74, 6) is 1.79. The molecule has 5 heteroatoms. The summed E-state index contributed by atoms with van der Waals surface area (Å²) < 4.78 is 0.921. The van der Waals surface area contributed by atoms with Crippen molar-refractivity contribution >= 4 is 21.6 Å². The lowest BCUT2D eigenvalue weighted by Gasteiger charge is -2.10. The molecule has 0 amide bonds. The Bertz CT molecular complexity index is 992. The highest BCUT2D eigenvalue weighted by molar-refractivity contribution is 9.10. The molecular weight excluding hydrogens is 388 g/mol. The average molecular weight is 403 g/mol. The van der Waals surface area contributed by atoms with E-state index in [-0.39, 0.29) is 0 Å². The minimum absolute atomic E-state index is 0.552. The molecule has 0 saturated heterocycles. The second kappa shape index (κ2) is 7.06. The zero-order chi connectivity index (χ0) is 17.9. The molecule has 0 unspecified atom stereocenters. The Kier molecular flexibility index (Phi) is 4.46. The fourth-order valence-electron chi connectivity index (χ4n) is 2.65. The minimum Gasteiger partial charge on any atom is -0.398 e. The third-order valence-corrected chi connectivity index (χ3v) is 4.45. The van der Waals surface area contributed by atoms with Crippen LogP contribution in [0.3, 0.4) is 0 Å². The van der Waals surface area contributed by atoms with E-state index in [2.05, 4.69) is 30.9 Å². The topological polar surface area (TPSA) is 64.7 Å². The third-order valence-electron chi connectivity index (χ3n) is 3.96. The van der Waals surface area contributed by atoms with Gasteiger partial charge in [-0.3, -0.25) is 0 Å². The van der Waals surface area contributed by atoms with Gasteiger partial charge >= 0.3 is 0 Å². The van der Waals surface area contributed by atoms with Gasteiger partial charge in [0.25, 0.3) is 0 Å². The summed E-state index contributed by atoms with van der Waals surface area (Å²) in [5, 5.41) is 0. The number of halogens is 1. The first-order valence-electron chi connectivity index (χ1n) is 8.13. The van der Waals surface area contributed by atoms with Crippen LogP contribution in [-0.2, 0) is 0 Å². The number of hydrogen-bond donors (Lipinski definition) is 1. The van der Waals surface area contributed by atoms with Crippen LogP contribution in [0.1, 0.15) is 0 Å². The van der Waals surface area contributed by atoms with Gasteiger partial charge in [0.2, 0.25) is 0 Å². The maximum absolute atomic E-state index is 6.18. The number of anilines is 1. The van der Waals surface area contributed by atoms with Gasteiger partial charge in [-0.1, -0.05) is 76.6 Å². The molecule has 2 N–H and O–H groups in total. The molecule has 0 aliphatic carbocycles. The van der Waals surface area contributed by atoms with Gasteiger partial charge in [0.05, 0.1) is 0 Å². The SMILES string of the molecule is Nc1ccc(Br)cc1-c1nc(-c2ccccc2)nc(-c2ccccc2)n1. The van der Waals surface area contributed by atoms with Gasteiger partial charge in [0.1, 0.15) is 0 Å². The summed E-state index contributed by atoms with van der Waals surface area (Å²) in [6, 6.07) is 25.4. The highest BCUT2D eigenvalue weighted by Gasteiger charge is 2.13. The van der Waals surface area contributed by atoms with Crippen LogP contribution in [0.5, 0.6) is 0 Å². The highest BCUT2D eigenvalue weighted by atomic mass is 79.9. The standard InChI is InChI=1S/C21H15BrN4/c22-16-11-12-18(23)17(13-16)21-25-19(14-7-3-1-4-8-14)24-20(26-21)15-9-5-2-6-10-15/h1-13H,23H2. The van der Waals surface area contributed by atoms with E-state index in [0.717, 1.165) is 21.2 Å². The summed E-state index contributed by atoms with van der Waals surface area (Å²) >= 11 is 3.49. The fraction of sp³-hybridized carbons (Fsp3) is 0. The average Bonchev–Trinajstić information content (AvgIpc) is 2.71. The fourth-order valence-corrected chi connectivity index (χ4v) is 3.01. The van der Waals surface area contributed by atoms with Crippen molar-refractivity contribution in [3.05, 3.63) is 83.3 Å². The molecular formula is C21H15BrN4. The van der Waals surface area contributed by atoms with E-state index in [4.69, 9.17) is 5.73 Å². The summed E-state index contributed by atoms with van der Waals surface area (Å²) in [6.45, 7) is 0. The molecule has 1 aromatic heterocycles. The van der Waals surface area contributed by atoms with Gasteiger partial charge in [-0.2, -0.15) is 0 Å². The minimum atomic E-state index is 0.552. The first-order valence-corrected chi connectivity index (χ1v) is 8.92. The van der Waals surface area contributed by atoms with Crippen molar-refractivity contribution in [2.24, 2.45) is 0 Å². The smallest absolute Gasteiger partial charge is 0.166 e. The van der Waals surface area contributed by atoms with Crippen molar-refractivity contribution in [3.8, 4) is 34.2 Å². The second-order valence-electron chi connectivity index (χ2n) is 5.77. The summed E-state index contributed by atoms with van der Waals surface area (Å²) in [5.41, 5.74) is 9.44. The van der Waals surface area contributed by atoms with Crippen molar-refractivity contribution in [1.82, 2.24) is 15.0 Å². The molecule has 0 atom stereocenters. The van der Waals surface area contributed by atoms with E-state index >= 15 is 0 Å². The molecule has 0 fully saturated rings. The lowest BCUT2D eigenvalue weighted by atomic mass is 10.1. The Morgan fingerprint density at radius 3 is 1.65 bits per heavy atom. The number of hydrogen-bond acceptors (Lipinski definition) is 4. The van der Waals surface area contributed by atoms with Gasteiger partial charge in [-0.05, 0) is 18.2 Å². The van der Waals surface area contributed by atoms with Crippen molar-refractivity contribution in [2.75, 3.05) is 5.73 Å². The predicted molar refractivity (Wildman–Crippen MR) is 108 cm³/mol. The molecule has 4 rings (SSSR count). The van der Waals surface area contributed by atoms with Crippen molar-refractivity contribution in [3.63, 3.8) is 0 Å². The van der Waals surface area contributed by atoms with Gasteiger partial charge in [0.15, 0.2) is 17.5 Å². The number of nitrogen functional groups attached to an aromatic ring is 1. The Morgan fingerprint density at radius 2 is 1.12 bits per heavy atom. The first kappa shape index (κ1) is 16.4. The number of nitrogens with two attached hydrogens (primary N) is 1. The van der Waals surface area contributed by atoms with Gasteiger partial charge in [-0.15, -0.1) is 0 Å². The van der Waals surface area contributed by atoms with Crippen molar-refractivity contribution in [2.45, 2.75) is 0 Å². The Hall–Kier alpha value is -3.05. The molecule has 3 aromatic carbocycles. The van der Waals surface area contributed by atoms with E-state index in [0.29, 0.717) is 23.2 Å².